The van der Waals surface area contributed by atoms with Crippen LogP contribution in [0.2, 0.25) is 0 Å². The third kappa shape index (κ3) is 7.36. The fourth-order valence-electron chi connectivity index (χ4n) is 4.11. The van der Waals surface area contributed by atoms with Gasteiger partial charge in [0.15, 0.2) is 0 Å². The van der Waals surface area contributed by atoms with Crippen molar-refractivity contribution in [2.24, 2.45) is 0 Å². The van der Waals surface area contributed by atoms with Gasteiger partial charge in [0.2, 0.25) is 0 Å². The number of hydrogen-bond acceptors (Lipinski definition) is 4. The molecule has 0 spiro atoms. The number of benzene rings is 6. The van der Waals surface area contributed by atoms with Crippen LogP contribution in [0.3, 0.4) is 0 Å². The largest absolute Gasteiger partial charge is 0.435 e. The molecule has 0 saturated heterocycles. The maximum absolute atomic E-state index is 6.31. The fourth-order valence-corrected chi connectivity index (χ4v) is 6.64. The first kappa shape index (κ1) is 27.5. The maximum Gasteiger partial charge on any atom is 0.326 e. The van der Waals surface area contributed by atoms with Crippen LogP contribution in [0.4, 0.5) is 0 Å². The van der Waals surface area contributed by atoms with E-state index in [1.807, 2.05) is 121 Å². The smallest absolute Gasteiger partial charge is 0.326 e. The quantitative estimate of drug-likeness (QED) is 0.142. The van der Waals surface area contributed by atoms with Crippen LogP contribution in [0.25, 0.3) is 11.1 Å². The molecule has 0 saturated carbocycles. The first-order chi connectivity index (χ1) is 20.8. The molecule has 6 rings (SSSR count). The van der Waals surface area contributed by atoms with Crippen molar-refractivity contribution in [1.29, 1.82) is 0 Å². The first-order valence-electron chi connectivity index (χ1n) is 13.5. The zero-order valence-corrected chi connectivity index (χ0v) is 24.5. The lowest BCUT2D eigenvalue weighted by molar-refractivity contribution is 0.501. The van der Waals surface area contributed by atoms with Crippen LogP contribution < -0.4 is 28.7 Å². The fraction of sp³-hybridized carbons (Fsp3) is 0. The van der Waals surface area contributed by atoms with Crippen LogP contribution in [0.1, 0.15) is 0 Å². The summed E-state index contributed by atoms with van der Waals surface area (Å²) in [5.74, 6) is 3.08. The summed E-state index contributed by atoms with van der Waals surface area (Å²) in [7, 11) is -2.77. The van der Waals surface area contributed by atoms with E-state index in [9.17, 15) is 0 Å². The minimum atomic E-state index is -1.38. The van der Waals surface area contributed by atoms with Crippen molar-refractivity contribution in [2.45, 2.75) is 0 Å². The third-order valence-electron chi connectivity index (χ3n) is 6.22. The second-order valence-electron chi connectivity index (χ2n) is 9.23. The summed E-state index contributed by atoms with van der Waals surface area (Å²) in [6, 6.07) is 55.8. The lowest BCUT2D eigenvalue weighted by atomic mass is 10.1. The van der Waals surface area contributed by atoms with Gasteiger partial charge in [-0.25, -0.2) is 0 Å². The van der Waals surface area contributed by atoms with Crippen molar-refractivity contribution in [1.82, 2.24) is 0 Å². The highest BCUT2D eigenvalue weighted by molar-refractivity contribution is 7.57. The topological polar surface area (TPSA) is 36.9 Å². The minimum absolute atomic E-state index is 0.770. The van der Waals surface area contributed by atoms with Crippen LogP contribution in [-0.2, 0) is 0 Å². The van der Waals surface area contributed by atoms with E-state index in [1.54, 1.807) is 0 Å². The van der Waals surface area contributed by atoms with E-state index in [4.69, 9.17) is 18.1 Å². The summed E-state index contributed by atoms with van der Waals surface area (Å²) in [4.78, 5) is 0. The van der Waals surface area contributed by atoms with Gasteiger partial charge in [-0.3, -0.25) is 0 Å². The molecule has 6 aromatic carbocycles. The average molecular weight is 587 g/mol. The molecular formula is C36H28O4P2. The molecule has 0 aliphatic carbocycles. The van der Waals surface area contributed by atoms with E-state index < -0.39 is 16.8 Å². The molecule has 0 N–H and O–H groups in total. The third-order valence-corrected chi connectivity index (χ3v) is 9.16. The molecule has 0 atom stereocenters. The molecule has 0 aromatic heterocycles. The Balaban J connectivity index is 1.21. The molecular weight excluding hydrogens is 558 g/mol. The molecule has 0 amide bonds. The first-order valence-corrected chi connectivity index (χ1v) is 15.9. The molecule has 0 radical (unpaired) electrons. The average Bonchev–Trinajstić information content (AvgIpc) is 3.06. The van der Waals surface area contributed by atoms with Crippen molar-refractivity contribution in [3.05, 3.63) is 170 Å². The Kier molecular flexibility index (Phi) is 9.07. The van der Waals surface area contributed by atoms with Gasteiger partial charge < -0.3 is 18.1 Å². The molecule has 0 aliphatic rings. The van der Waals surface area contributed by atoms with Gasteiger partial charge in [-0.15, -0.1) is 0 Å². The number of para-hydroxylation sites is 4. The summed E-state index contributed by atoms with van der Waals surface area (Å²) in [5, 5.41) is 1.96. The van der Waals surface area contributed by atoms with Gasteiger partial charge in [0.05, 0.1) is 10.6 Å². The van der Waals surface area contributed by atoms with Crippen molar-refractivity contribution in [3.8, 4) is 34.1 Å². The maximum atomic E-state index is 6.31. The van der Waals surface area contributed by atoms with Gasteiger partial charge in [-0.05, 0) is 83.9 Å². The minimum Gasteiger partial charge on any atom is -0.435 e. The molecule has 206 valence electrons. The zero-order chi connectivity index (χ0) is 28.4. The van der Waals surface area contributed by atoms with Crippen LogP contribution in [-0.4, -0.2) is 0 Å². The van der Waals surface area contributed by atoms with Gasteiger partial charge in [0, 0.05) is 0 Å². The van der Waals surface area contributed by atoms with Crippen molar-refractivity contribution >= 4 is 27.4 Å². The highest BCUT2D eigenvalue weighted by Gasteiger charge is 2.20. The standard InChI is InChI=1S/C36H28O4P2/c1-5-13-31(14-6-1)37-41(38-32-15-7-2-8-16-32)35-25-21-29(22-26-35)30-23-27-36(28-24-30)42(39-33-17-9-3-10-18-33)40-34-19-11-4-12-20-34/h1-28H. The molecule has 0 bridgehead atoms. The summed E-state index contributed by atoms with van der Waals surface area (Å²) in [5.41, 5.74) is 2.19. The highest BCUT2D eigenvalue weighted by Crippen LogP contribution is 2.41. The summed E-state index contributed by atoms with van der Waals surface area (Å²) >= 11 is 0. The SMILES string of the molecule is c1ccc(OP(Oc2ccccc2)c2ccc(-c3ccc(P(Oc4ccccc4)Oc4ccccc4)cc3)cc2)cc1. The van der Waals surface area contributed by atoms with Gasteiger partial charge in [-0.1, -0.05) is 97.1 Å². The Hall–Kier alpha value is -4.62. The highest BCUT2D eigenvalue weighted by atomic mass is 31.2. The number of rotatable bonds is 11. The van der Waals surface area contributed by atoms with Crippen LogP contribution in [0, 0.1) is 0 Å². The van der Waals surface area contributed by atoms with Gasteiger partial charge in [-0.2, -0.15) is 0 Å². The van der Waals surface area contributed by atoms with Crippen molar-refractivity contribution in [3.63, 3.8) is 0 Å². The van der Waals surface area contributed by atoms with E-state index in [-0.39, 0.29) is 0 Å². The Morgan fingerprint density at radius 3 is 0.738 bits per heavy atom. The van der Waals surface area contributed by atoms with Gasteiger partial charge in [0.1, 0.15) is 23.0 Å². The van der Waals surface area contributed by atoms with E-state index >= 15 is 0 Å². The molecule has 0 unspecified atom stereocenters. The van der Waals surface area contributed by atoms with Gasteiger partial charge in [0.25, 0.3) is 0 Å². The Labute approximate surface area is 249 Å². The Morgan fingerprint density at radius 1 is 0.262 bits per heavy atom. The summed E-state index contributed by atoms with van der Waals surface area (Å²) in [6.45, 7) is 0. The Morgan fingerprint density at radius 2 is 0.500 bits per heavy atom. The molecule has 6 heteroatoms. The molecule has 42 heavy (non-hydrogen) atoms. The summed E-state index contributed by atoms with van der Waals surface area (Å²) < 4.78 is 25.2. The second-order valence-corrected chi connectivity index (χ2v) is 12.0. The van der Waals surface area contributed by atoms with Crippen LogP contribution in [0.15, 0.2) is 170 Å². The number of hydrogen-bond donors (Lipinski definition) is 0. The molecule has 4 nitrogen and oxygen atoms in total. The van der Waals surface area contributed by atoms with Crippen molar-refractivity contribution in [2.75, 3.05) is 0 Å². The predicted octanol–water partition coefficient (Wildman–Crippen LogP) is 9.54. The Bertz CT molecular complexity index is 1440. The van der Waals surface area contributed by atoms with Crippen LogP contribution >= 0.6 is 16.8 Å². The molecule has 0 aliphatic heterocycles. The second kappa shape index (κ2) is 13.8. The monoisotopic (exact) mass is 586 g/mol. The predicted molar refractivity (Wildman–Crippen MR) is 173 cm³/mol. The lowest BCUT2D eigenvalue weighted by Gasteiger charge is -2.20. The molecule has 0 heterocycles. The van der Waals surface area contributed by atoms with E-state index in [0.29, 0.717) is 0 Å². The van der Waals surface area contributed by atoms with Crippen LogP contribution in [0.5, 0.6) is 23.0 Å². The van der Waals surface area contributed by atoms with E-state index in [0.717, 1.165) is 44.7 Å². The summed E-state index contributed by atoms with van der Waals surface area (Å²) in [6.07, 6.45) is 0. The van der Waals surface area contributed by atoms with Gasteiger partial charge >= 0.3 is 16.8 Å². The normalized spacial score (nSPS) is 10.8. The van der Waals surface area contributed by atoms with E-state index in [1.165, 1.54) is 0 Å². The molecule has 0 fully saturated rings. The lowest BCUT2D eigenvalue weighted by Crippen LogP contribution is -2.10. The zero-order valence-electron chi connectivity index (χ0n) is 22.7. The van der Waals surface area contributed by atoms with E-state index in [2.05, 4.69) is 48.5 Å². The van der Waals surface area contributed by atoms with Crippen molar-refractivity contribution < 1.29 is 18.1 Å². The molecule has 6 aromatic rings.